The number of aromatic carboxylic acids is 1. The van der Waals surface area contributed by atoms with Crippen molar-refractivity contribution in [2.45, 2.75) is 19.3 Å². The van der Waals surface area contributed by atoms with E-state index in [2.05, 4.69) is 5.32 Å². The minimum absolute atomic E-state index is 0.0450. The second-order valence-electron chi connectivity index (χ2n) is 6.28. The molecule has 0 aliphatic rings. The number of aliphatic carboxylic acids is 1. The number of hydrogen-bond acceptors (Lipinski definition) is 6. The third kappa shape index (κ3) is 5.31. The summed E-state index contributed by atoms with van der Waals surface area (Å²) in [7, 11) is 2.91. The smallest absolute Gasteiger partial charge is 0.336 e. The minimum atomic E-state index is -1.21. The lowest BCUT2D eigenvalue weighted by molar-refractivity contribution is -0.138. The Balaban J connectivity index is 2.49. The maximum absolute atomic E-state index is 11.9. The number of hydrogen-bond donors (Lipinski definition) is 5. The molecular weight excluding hydrogens is 378 g/mol. The Morgan fingerprint density at radius 3 is 2.21 bits per heavy atom. The first-order chi connectivity index (χ1) is 13.8. The van der Waals surface area contributed by atoms with Crippen LogP contribution >= 0.6 is 0 Å². The number of carbonyl (C=O) groups is 2. The highest BCUT2D eigenvalue weighted by molar-refractivity contribution is 5.95. The van der Waals surface area contributed by atoms with Gasteiger partial charge in [-0.3, -0.25) is 5.41 Å². The molecule has 29 heavy (non-hydrogen) atoms. The van der Waals surface area contributed by atoms with Gasteiger partial charge in [-0.05, 0) is 47.0 Å². The Morgan fingerprint density at radius 1 is 1.10 bits per heavy atom. The van der Waals surface area contributed by atoms with E-state index in [-0.39, 0.29) is 30.2 Å². The van der Waals surface area contributed by atoms with Crippen LogP contribution < -0.4 is 11.1 Å². The molecule has 1 atom stereocenters. The number of nitrogen functional groups attached to an aromatic ring is 1. The molecule has 0 saturated heterocycles. The van der Waals surface area contributed by atoms with E-state index in [0.29, 0.717) is 22.4 Å². The van der Waals surface area contributed by atoms with E-state index in [1.165, 1.54) is 20.3 Å². The SMILES string of the molecule is COCc1cc(C(Nc2ccc(C(=N)N)cc2)C(=O)O)cc(C(=O)O)c1COC. The molecule has 2 aromatic rings. The highest BCUT2D eigenvalue weighted by atomic mass is 16.5. The summed E-state index contributed by atoms with van der Waals surface area (Å²) in [5.41, 5.74) is 7.59. The first-order valence-corrected chi connectivity index (χ1v) is 8.59. The van der Waals surface area contributed by atoms with Gasteiger partial charge in [0.2, 0.25) is 0 Å². The van der Waals surface area contributed by atoms with Crippen molar-refractivity contribution in [2.24, 2.45) is 5.73 Å². The van der Waals surface area contributed by atoms with E-state index >= 15 is 0 Å². The summed E-state index contributed by atoms with van der Waals surface area (Å²) in [4.78, 5) is 23.7. The number of anilines is 1. The van der Waals surface area contributed by atoms with Crippen LogP contribution in [0.4, 0.5) is 5.69 Å². The molecule has 1 unspecified atom stereocenters. The highest BCUT2D eigenvalue weighted by Gasteiger charge is 2.24. The zero-order valence-electron chi connectivity index (χ0n) is 16.1. The zero-order chi connectivity index (χ0) is 21.6. The van der Waals surface area contributed by atoms with Crippen LogP contribution in [-0.2, 0) is 27.5 Å². The molecular formula is C20H23N3O6. The lowest BCUT2D eigenvalue weighted by Gasteiger charge is -2.20. The number of benzene rings is 2. The van der Waals surface area contributed by atoms with Crippen molar-refractivity contribution in [2.75, 3.05) is 19.5 Å². The van der Waals surface area contributed by atoms with Crippen molar-refractivity contribution >= 4 is 23.5 Å². The molecule has 9 heteroatoms. The fourth-order valence-corrected chi connectivity index (χ4v) is 2.91. The van der Waals surface area contributed by atoms with Gasteiger partial charge in [-0.2, -0.15) is 0 Å². The molecule has 2 aromatic carbocycles. The predicted molar refractivity (Wildman–Crippen MR) is 106 cm³/mol. The second-order valence-corrected chi connectivity index (χ2v) is 6.28. The number of amidine groups is 1. The number of carboxylic acid groups (broad SMARTS) is 2. The fraction of sp³-hybridized carbons (Fsp3) is 0.250. The summed E-state index contributed by atoms with van der Waals surface area (Å²) < 4.78 is 10.3. The van der Waals surface area contributed by atoms with E-state index in [1.54, 1.807) is 30.3 Å². The number of ether oxygens (including phenoxy) is 2. The van der Waals surface area contributed by atoms with Crippen molar-refractivity contribution in [3.05, 3.63) is 64.2 Å². The van der Waals surface area contributed by atoms with Gasteiger partial charge in [0.15, 0.2) is 6.04 Å². The maximum Gasteiger partial charge on any atom is 0.336 e. The molecule has 0 saturated carbocycles. The summed E-state index contributed by atoms with van der Waals surface area (Å²) in [5.74, 6) is -2.47. The molecule has 0 heterocycles. The Labute approximate surface area is 167 Å². The first-order valence-electron chi connectivity index (χ1n) is 8.59. The Morgan fingerprint density at radius 2 is 1.72 bits per heavy atom. The minimum Gasteiger partial charge on any atom is -0.479 e. The molecule has 2 rings (SSSR count). The average molecular weight is 401 g/mol. The highest BCUT2D eigenvalue weighted by Crippen LogP contribution is 2.27. The molecule has 0 bridgehead atoms. The molecule has 0 radical (unpaired) electrons. The molecule has 0 spiro atoms. The monoisotopic (exact) mass is 401 g/mol. The summed E-state index contributed by atoms with van der Waals surface area (Å²) in [6, 6.07) is 8.09. The lowest BCUT2D eigenvalue weighted by atomic mass is 9.94. The standard InChI is InChI=1S/C20H23N3O6/c1-28-9-13-7-12(8-15(19(24)25)16(13)10-29-2)17(20(26)27)23-14-5-3-11(4-6-14)18(21)22/h3-8,17,23H,9-10H2,1-2H3,(H3,21,22)(H,24,25)(H,26,27). The van der Waals surface area contributed by atoms with Crippen LogP contribution in [0.25, 0.3) is 0 Å². The maximum atomic E-state index is 11.9. The molecule has 154 valence electrons. The van der Waals surface area contributed by atoms with Gasteiger partial charge in [-0.1, -0.05) is 6.07 Å². The van der Waals surface area contributed by atoms with Gasteiger partial charge in [0.1, 0.15) is 5.84 Å². The number of methoxy groups -OCH3 is 2. The molecule has 6 N–H and O–H groups in total. The van der Waals surface area contributed by atoms with Gasteiger partial charge < -0.3 is 30.7 Å². The molecule has 0 fully saturated rings. The molecule has 0 aliphatic carbocycles. The third-order valence-corrected chi connectivity index (χ3v) is 4.27. The van der Waals surface area contributed by atoms with Crippen LogP contribution in [0.1, 0.15) is 38.7 Å². The Kier molecular flexibility index (Phi) is 7.29. The Hall–Kier alpha value is -3.43. The van der Waals surface area contributed by atoms with Crippen molar-refractivity contribution in [3.8, 4) is 0 Å². The summed E-state index contributed by atoms with van der Waals surface area (Å²) in [6.45, 7) is 0.157. The van der Waals surface area contributed by atoms with Gasteiger partial charge in [-0.15, -0.1) is 0 Å². The van der Waals surface area contributed by atoms with E-state index in [4.69, 9.17) is 20.6 Å². The van der Waals surface area contributed by atoms with E-state index < -0.39 is 18.0 Å². The van der Waals surface area contributed by atoms with Crippen molar-refractivity contribution < 1.29 is 29.3 Å². The quantitative estimate of drug-likeness (QED) is 0.300. The van der Waals surface area contributed by atoms with Crippen molar-refractivity contribution in [3.63, 3.8) is 0 Å². The van der Waals surface area contributed by atoms with E-state index in [0.717, 1.165) is 0 Å². The summed E-state index contributed by atoms with van der Waals surface area (Å²) in [6.07, 6.45) is 0. The van der Waals surface area contributed by atoms with E-state index in [1.807, 2.05) is 0 Å². The average Bonchev–Trinajstić information content (AvgIpc) is 2.67. The number of rotatable bonds is 10. The van der Waals surface area contributed by atoms with Crippen molar-refractivity contribution in [1.82, 2.24) is 0 Å². The van der Waals surface area contributed by atoms with Crippen LogP contribution in [0.2, 0.25) is 0 Å². The topological polar surface area (TPSA) is 155 Å². The number of nitrogens with one attached hydrogen (secondary N) is 2. The lowest BCUT2D eigenvalue weighted by Crippen LogP contribution is -2.22. The Bertz CT molecular complexity index is 911. The zero-order valence-corrected chi connectivity index (χ0v) is 16.1. The summed E-state index contributed by atoms with van der Waals surface area (Å²) in [5, 5.41) is 29.6. The van der Waals surface area contributed by atoms with Gasteiger partial charge >= 0.3 is 11.9 Å². The first kappa shape index (κ1) is 21.9. The number of nitrogens with two attached hydrogens (primary N) is 1. The van der Waals surface area contributed by atoms with Crippen LogP contribution in [0.5, 0.6) is 0 Å². The summed E-state index contributed by atoms with van der Waals surface area (Å²) >= 11 is 0. The second kappa shape index (κ2) is 9.67. The normalized spacial score (nSPS) is 11.7. The molecule has 9 nitrogen and oxygen atoms in total. The largest absolute Gasteiger partial charge is 0.479 e. The fourth-order valence-electron chi connectivity index (χ4n) is 2.91. The number of carboxylic acids is 2. The third-order valence-electron chi connectivity index (χ3n) is 4.27. The van der Waals surface area contributed by atoms with Crippen molar-refractivity contribution in [1.29, 1.82) is 5.41 Å². The van der Waals surface area contributed by atoms with Crippen LogP contribution in [0, 0.1) is 5.41 Å². The van der Waals surface area contributed by atoms with Gasteiger partial charge in [0, 0.05) is 25.5 Å². The molecule has 0 aromatic heterocycles. The van der Waals surface area contributed by atoms with Crippen LogP contribution in [-0.4, -0.2) is 42.2 Å². The van der Waals surface area contributed by atoms with Gasteiger partial charge in [-0.25, -0.2) is 9.59 Å². The van der Waals surface area contributed by atoms with Crippen LogP contribution in [0.15, 0.2) is 36.4 Å². The van der Waals surface area contributed by atoms with E-state index in [9.17, 15) is 19.8 Å². The molecule has 0 amide bonds. The van der Waals surface area contributed by atoms with Gasteiger partial charge in [0.05, 0.1) is 18.8 Å². The van der Waals surface area contributed by atoms with Gasteiger partial charge in [0.25, 0.3) is 0 Å². The van der Waals surface area contributed by atoms with Crippen LogP contribution in [0.3, 0.4) is 0 Å². The molecule has 0 aliphatic heterocycles. The predicted octanol–water partition coefficient (Wildman–Crippen LogP) is 2.20.